The van der Waals surface area contributed by atoms with Crippen molar-refractivity contribution in [2.75, 3.05) is 26.2 Å². The molecule has 2 amide bonds. The zero-order valence-electron chi connectivity index (χ0n) is 19.3. The van der Waals surface area contributed by atoms with Crippen molar-refractivity contribution in [3.63, 3.8) is 0 Å². The van der Waals surface area contributed by atoms with Crippen LogP contribution in [-0.4, -0.2) is 53.5 Å². The maximum Gasteiger partial charge on any atom is 0.416 e. The Morgan fingerprint density at radius 1 is 1.06 bits per heavy atom. The summed E-state index contributed by atoms with van der Waals surface area (Å²) in [5.74, 6) is -0.877. The number of hydrogen-bond donors (Lipinski definition) is 2. The van der Waals surface area contributed by atoms with Crippen LogP contribution >= 0.6 is 0 Å². The summed E-state index contributed by atoms with van der Waals surface area (Å²) in [5, 5.41) is 8.46. The first-order valence-corrected chi connectivity index (χ1v) is 11.1. The summed E-state index contributed by atoms with van der Waals surface area (Å²) < 4.78 is 40.1. The van der Waals surface area contributed by atoms with Crippen LogP contribution in [-0.2, 0) is 15.8 Å². The lowest BCUT2D eigenvalue weighted by Gasteiger charge is -2.36. The lowest BCUT2D eigenvalue weighted by Crippen LogP contribution is -2.48. The van der Waals surface area contributed by atoms with E-state index in [0.29, 0.717) is 37.1 Å². The number of halogens is 3. The molecule has 0 aromatic heterocycles. The van der Waals surface area contributed by atoms with Crippen molar-refractivity contribution in [1.82, 2.24) is 9.80 Å². The molecule has 2 aliphatic heterocycles. The summed E-state index contributed by atoms with van der Waals surface area (Å²) in [6, 6.07) is 5.57. The van der Waals surface area contributed by atoms with Gasteiger partial charge in [-0.3, -0.25) is 15.0 Å². The first-order valence-electron chi connectivity index (χ1n) is 11.1. The van der Waals surface area contributed by atoms with Gasteiger partial charge in [-0.25, -0.2) is 0 Å². The number of carbonyl (C=O) groups excluding carboxylic acids is 2. The lowest BCUT2D eigenvalue weighted by atomic mass is 9.86. The van der Waals surface area contributed by atoms with E-state index in [9.17, 15) is 22.8 Å². The van der Waals surface area contributed by atoms with Gasteiger partial charge in [0.15, 0.2) is 0 Å². The zero-order chi connectivity index (χ0) is 24.6. The van der Waals surface area contributed by atoms with Gasteiger partial charge < -0.3 is 15.5 Å². The van der Waals surface area contributed by atoms with Crippen molar-refractivity contribution in [1.29, 1.82) is 5.41 Å². The Labute approximate surface area is 193 Å². The highest BCUT2D eigenvalue weighted by Gasteiger charge is 2.37. The Morgan fingerprint density at radius 2 is 1.67 bits per heavy atom. The molecule has 2 heterocycles. The van der Waals surface area contributed by atoms with Gasteiger partial charge in [0.25, 0.3) is 5.91 Å². The van der Waals surface area contributed by atoms with E-state index in [1.807, 2.05) is 20.8 Å². The smallest absolute Gasteiger partial charge is 0.402 e. The van der Waals surface area contributed by atoms with Gasteiger partial charge in [-0.15, -0.1) is 0 Å². The molecule has 1 saturated heterocycles. The second-order valence-corrected chi connectivity index (χ2v) is 9.76. The van der Waals surface area contributed by atoms with Gasteiger partial charge in [-0.2, -0.15) is 13.2 Å². The molecule has 0 saturated carbocycles. The molecule has 0 unspecified atom stereocenters. The number of piperidine rings is 1. The van der Waals surface area contributed by atoms with Crippen LogP contribution in [0.4, 0.5) is 13.2 Å². The molecule has 3 rings (SSSR count). The quantitative estimate of drug-likeness (QED) is 0.655. The average Bonchev–Trinajstić information content (AvgIpc) is 2.77. The Morgan fingerprint density at radius 3 is 2.24 bits per heavy atom. The summed E-state index contributed by atoms with van der Waals surface area (Å²) in [5.41, 5.74) is 5.68. The molecule has 182 valence electrons. The van der Waals surface area contributed by atoms with Crippen LogP contribution in [0.15, 0.2) is 35.5 Å². The molecule has 3 N–H and O–H groups in total. The third-order valence-electron chi connectivity index (χ3n) is 6.32. The summed E-state index contributed by atoms with van der Waals surface area (Å²) in [4.78, 5) is 28.8. The molecule has 0 bridgehead atoms. The second kappa shape index (κ2) is 9.19. The molecule has 0 atom stereocenters. The van der Waals surface area contributed by atoms with E-state index in [1.165, 1.54) is 17.0 Å². The van der Waals surface area contributed by atoms with Crippen molar-refractivity contribution < 1.29 is 24.2 Å². The first kappa shape index (κ1) is 24.8. The van der Waals surface area contributed by atoms with E-state index in [1.54, 1.807) is 11.0 Å². The van der Waals surface area contributed by atoms with E-state index in [0.717, 1.165) is 6.07 Å². The zero-order valence-corrected chi connectivity index (χ0v) is 19.3. The van der Waals surface area contributed by atoms with E-state index in [4.69, 9.17) is 11.1 Å². The van der Waals surface area contributed by atoms with Crippen LogP contribution in [0.2, 0.25) is 0 Å². The summed E-state index contributed by atoms with van der Waals surface area (Å²) in [6.45, 7) is 6.52. The molecule has 1 fully saturated rings. The maximum absolute atomic E-state index is 13.4. The minimum atomic E-state index is -4.42. The molecule has 1 aromatic rings. The Kier molecular flexibility index (Phi) is 6.91. The number of hydrogen-bond acceptors (Lipinski definition) is 4. The van der Waals surface area contributed by atoms with Crippen LogP contribution in [0.5, 0.6) is 0 Å². The molecule has 0 aliphatic carbocycles. The Bertz CT molecular complexity index is 977. The predicted octanol–water partition coefficient (Wildman–Crippen LogP) is 4.17. The van der Waals surface area contributed by atoms with E-state index in [2.05, 4.69) is 0 Å². The molecule has 0 radical (unpaired) electrons. The SMILES string of the molecule is CC(C)(C)C(=O)N1CCC(N)=C(C(=N)C(=O)N2CCC(c3ccccc3C(F)(F)F)CC2)C1.[HH]. The number of alkyl halides is 3. The minimum Gasteiger partial charge on any atom is -0.402 e. The van der Waals surface area contributed by atoms with E-state index >= 15 is 0 Å². The lowest BCUT2D eigenvalue weighted by molar-refractivity contribution is -0.139. The van der Waals surface area contributed by atoms with Crippen LogP contribution in [0.1, 0.15) is 58.5 Å². The first-order chi connectivity index (χ1) is 15.3. The van der Waals surface area contributed by atoms with E-state index in [-0.39, 0.29) is 44.2 Å². The second-order valence-electron chi connectivity index (χ2n) is 9.76. The molecular formula is C24H33F3N4O2. The number of nitrogens with two attached hydrogens (primary N) is 1. The fourth-order valence-electron chi connectivity index (χ4n) is 4.46. The van der Waals surface area contributed by atoms with Gasteiger partial charge in [0.2, 0.25) is 5.91 Å². The van der Waals surface area contributed by atoms with Gasteiger partial charge >= 0.3 is 6.18 Å². The maximum atomic E-state index is 13.4. The fraction of sp³-hybridized carbons (Fsp3) is 0.542. The van der Waals surface area contributed by atoms with Crippen molar-refractivity contribution in [3.8, 4) is 0 Å². The van der Waals surface area contributed by atoms with Gasteiger partial charge in [-0.05, 0) is 30.4 Å². The number of nitrogens with one attached hydrogen (secondary N) is 1. The highest BCUT2D eigenvalue weighted by molar-refractivity contribution is 6.44. The predicted molar refractivity (Wildman–Crippen MR) is 122 cm³/mol. The third-order valence-corrected chi connectivity index (χ3v) is 6.32. The van der Waals surface area contributed by atoms with Gasteiger partial charge in [0, 0.05) is 50.7 Å². The third kappa shape index (κ3) is 5.39. The summed E-state index contributed by atoms with van der Waals surface area (Å²) in [6.07, 6.45) is -3.26. The van der Waals surface area contributed by atoms with Crippen molar-refractivity contribution >= 4 is 17.5 Å². The highest BCUT2D eigenvalue weighted by atomic mass is 19.4. The Hall–Kier alpha value is -2.84. The summed E-state index contributed by atoms with van der Waals surface area (Å²) >= 11 is 0. The molecule has 0 spiro atoms. The minimum absolute atomic E-state index is 0. The van der Waals surface area contributed by atoms with Crippen molar-refractivity contribution in [3.05, 3.63) is 46.7 Å². The molecule has 33 heavy (non-hydrogen) atoms. The Balaban J connectivity index is 0.00000408. The molecular weight excluding hydrogens is 433 g/mol. The number of amides is 2. The number of carbonyl (C=O) groups is 2. The van der Waals surface area contributed by atoms with Crippen LogP contribution in [0.3, 0.4) is 0 Å². The van der Waals surface area contributed by atoms with Gasteiger partial charge in [-0.1, -0.05) is 39.0 Å². The van der Waals surface area contributed by atoms with Gasteiger partial charge in [0.1, 0.15) is 5.71 Å². The van der Waals surface area contributed by atoms with Gasteiger partial charge in [0.05, 0.1) is 5.56 Å². The number of nitrogens with zero attached hydrogens (tertiary/aromatic N) is 2. The molecule has 9 heteroatoms. The average molecular weight is 467 g/mol. The van der Waals surface area contributed by atoms with Crippen LogP contribution in [0.25, 0.3) is 0 Å². The molecule has 2 aliphatic rings. The van der Waals surface area contributed by atoms with Crippen LogP contribution < -0.4 is 5.73 Å². The van der Waals surface area contributed by atoms with Crippen molar-refractivity contribution in [2.24, 2.45) is 11.1 Å². The summed E-state index contributed by atoms with van der Waals surface area (Å²) in [7, 11) is 0. The largest absolute Gasteiger partial charge is 0.416 e. The normalized spacial score (nSPS) is 18.5. The molecule has 1 aromatic carbocycles. The van der Waals surface area contributed by atoms with Crippen LogP contribution in [0, 0.1) is 10.8 Å². The number of rotatable bonds is 3. The highest BCUT2D eigenvalue weighted by Crippen LogP contribution is 2.38. The fourth-order valence-corrected chi connectivity index (χ4v) is 4.46. The standard InChI is InChI=1S/C24H31F3N4O2.H2/c1-23(2,3)22(33)31-13-10-19(28)17(14-31)20(29)21(32)30-11-8-15(9-12-30)16-6-4-5-7-18(16)24(25,26)27;/h4-7,15,29H,8-14,28H2,1-3H3;1H. The molecule has 6 nitrogen and oxygen atoms in total. The topological polar surface area (TPSA) is 90.5 Å². The number of likely N-dealkylation sites (tertiary alicyclic amines) is 1. The van der Waals surface area contributed by atoms with E-state index < -0.39 is 23.1 Å². The monoisotopic (exact) mass is 466 g/mol. The number of benzene rings is 1. The van der Waals surface area contributed by atoms with Crippen molar-refractivity contribution in [2.45, 2.75) is 52.1 Å².